The predicted molar refractivity (Wildman–Crippen MR) is 102 cm³/mol. The molecule has 6 nitrogen and oxygen atoms in total. The van der Waals surface area contributed by atoms with Crippen molar-refractivity contribution in [1.82, 2.24) is 4.90 Å². The fourth-order valence-corrected chi connectivity index (χ4v) is 5.30. The molecule has 0 unspecified atom stereocenters. The molecule has 0 saturated carbocycles. The lowest BCUT2D eigenvalue weighted by atomic mass is 10.0. The van der Waals surface area contributed by atoms with E-state index < -0.39 is 17.6 Å². The fourth-order valence-electron chi connectivity index (χ4n) is 3.88. The summed E-state index contributed by atoms with van der Waals surface area (Å²) in [6.45, 7) is 5.81. The molecule has 0 radical (unpaired) electrons. The molecule has 0 aliphatic carbocycles. The van der Waals surface area contributed by atoms with Gasteiger partial charge in [-0.3, -0.25) is 4.79 Å². The largest absolute Gasteiger partial charge is 0.459 e. The van der Waals surface area contributed by atoms with Gasteiger partial charge in [0.2, 0.25) is 5.91 Å². The molecule has 142 valence electrons. The van der Waals surface area contributed by atoms with Crippen LogP contribution in [-0.4, -0.2) is 33.4 Å². The van der Waals surface area contributed by atoms with E-state index in [9.17, 15) is 14.4 Å². The van der Waals surface area contributed by atoms with Crippen molar-refractivity contribution < 1.29 is 18.7 Å². The average Bonchev–Trinajstić information content (AvgIpc) is 3.12. The lowest BCUT2D eigenvalue weighted by Gasteiger charge is -2.29. The van der Waals surface area contributed by atoms with Gasteiger partial charge < -0.3 is 14.1 Å². The van der Waals surface area contributed by atoms with Gasteiger partial charge in [0.25, 0.3) is 0 Å². The Bertz CT molecular complexity index is 1010. The number of ether oxygens (including phenoxy) is 1. The summed E-state index contributed by atoms with van der Waals surface area (Å²) in [6, 6.07) is 4.62. The molecule has 2 aliphatic heterocycles. The van der Waals surface area contributed by atoms with E-state index >= 15 is 0 Å². The molecule has 1 amide bonds. The van der Waals surface area contributed by atoms with Gasteiger partial charge >= 0.3 is 11.6 Å². The third-order valence-electron chi connectivity index (χ3n) is 5.60. The third-order valence-corrected chi connectivity index (χ3v) is 7.11. The first-order chi connectivity index (χ1) is 12.8. The van der Waals surface area contributed by atoms with Gasteiger partial charge in [-0.25, -0.2) is 9.59 Å². The number of aryl methyl sites for hydroxylation is 2. The quantitative estimate of drug-likeness (QED) is 0.595. The zero-order valence-electron chi connectivity index (χ0n) is 15.5. The standard InChI is InChI=1S/C20H21NO5S/c1-11-4-5-14-13(8-17(23)26-18(14)12(11)2)9-25-19(24)15-10-27-20(3)7-6-16(22)21(15)20/h4-5,8,15H,6-7,9-10H2,1-3H3/t15-,20+/m1/s1. The zero-order chi connectivity index (χ0) is 19.3. The highest BCUT2D eigenvalue weighted by Crippen LogP contribution is 2.47. The topological polar surface area (TPSA) is 76.8 Å². The van der Waals surface area contributed by atoms with E-state index in [2.05, 4.69) is 0 Å². The molecule has 2 aliphatic rings. The maximum absolute atomic E-state index is 12.7. The first kappa shape index (κ1) is 18.1. The Balaban J connectivity index is 1.57. The zero-order valence-corrected chi connectivity index (χ0v) is 16.4. The Hall–Kier alpha value is -2.28. The average molecular weight is 387 g/mol. The van der Waals surface area contributed by atoms with Gasteiger partial charge in [-0.1, -0.05) is 12.1 Å². The molecule has 0 bridgehead atoms. The molecular formula is C20H21NO5S. The van der Waals surface area contributed by atoms with E-state index in [0.717, 1.165) is 22.9 Å². The number of nitrogens with zero attached hydrogens (tertiary/aromatic N) is 1. The summed E-state index contributed by atoms with van der Waals surface area (Å²) in [6.07, 6.45) is 1.22. The van der Waals surface area contributed by atoms with Crippen LogP contribution < -0.4 is 5.63 Å². The smallest absolute Gasteiger partial charge is 0.336 e. The number of hydrogen-bond donors (Lipinski definition) is 0. The first-order valence-corrected chi connectivity index (χ1v) is 9.94. The molecule has 1 aromatic heterocycles. The number of carbonyl (C=O) groups excluding carboxylic acids is 2. The normalized spacial score (nSPS) is 24.5. The van der Waals surface area contributed by atoms with Crippen molar-refractivity contribution in [3.63, 3.8) is 0 Å². The number of esters is 1. The Kier molecular flexibility index (Phi) is 4.29. The van der Waals surface area contributed by atoms with Crippen LogP contribution in [0.3, 0.4) is 0 Å². The molecule has 1 aromatic carbocycles. The number of carbonyl (C=O) groups is 2. The Morgan fingerprint density at radius 3 is 2.93 bits per heavy atom. The van der Waals surface area contributed by atoms with Crippen molar-refractivity contribution in [2.24, 2.45) is 0 Å². The van der Waals surface area contributed by atoms with Crippen LogP contribution in [0.15, 0.2) is 27.4 Å². The second-order valence-electron chi connectivity index (χ2n) is 7.35. The highest BCUT2D eigenvalue weighted by atomic mass is 32.2. The minimum Gasteiger partial charge on any atom is -0.459 e. The van der Waals surface area contributed by atoms with Gasteiger partial charge in [0.1, 0.15) is 18.2 Å². The van der Waals surface area contributed by atoms with E-state index in [-0.39, 0.29) is 17.4 Å². The van der Waals surface area contributed by atoms with Crippen LogP contribution in [0.4, 0.5) is 0 Å². The number of hydrogen-bond acceptors (Lipinski definition) is 6. The van der Waals surface area contributed by atoms with Gasteiger partial charge in [0.15, 0.2) is 0 Å². The maximum Gasteiger partial charge on any atom is 0.336 e. The number of amides is 1. The maximum atomic E-state index is 12.7. The molecule has 27 heavy (non-hydrogen) atoms. The minimum atomic E-state index is -0.564. The van der Waals surface area contributed by atoms with Gasteiger partial charge in [-0.05, 0) is 38.3 Å². The van der Waals surface area contributed by atoms with E-state index in [0.29, 0.717) is 23.3 Å². The molecule has 4 rings (SSSR count). The summed E-state index contributed by atoms with van der Waals surface area (Å²) in [5.74, 6) is 0.116. The fraction of sp³-hybridized carbons (Fsp3) is 0.450. The highest BCUT2D eigenvalue weighted by Gasteiger charge is 2.53. The highest BCUT2D eigenvalue weighted by molar-refractivity contribution is 8.01. The minimum absolute atomic E-state index is 0.00125. The summed E-state index contributed by atoms with van der Waals surface area (Å²) in [5, 5.41) is 0.758. The van der Waals surface area contributed by atoms with Gasteiger partial charge in [-0.15, -0.1) is 11.8 Å². The first-order valence-electron chi connectivity index (χ1n) is 8.96. The molecule has 2 saturated heterocycles. The van der Waals surface area contributed by atoms with Crippen molar-refractivity contribution in [2.45, 2.75) is 51.1 Å². The second kappa shape index (κ2) is 6.41. The molecule has 0 spiro atoms. The molecule has 7 heteroatoms. The number of thioether (sulfide) groups is 1. The summed E-state index contributed by atoms with van der Waals surface area (Å²) >= 11 is 1.62. The number of fused-ring (bicyclic) bond motifs is 2. The van der Waals surface area contributed by atoms with Crippen molar-refractivity contribution in [2.75, 3.05) is 5.75 Å². The SMILES string of the molecule is Cc1ccc2c(COC(=O)[C@H]3CS[C@@]4(C)CCC(=O)N34)cc(=O)oc2c1C. The number of rotatable bonds is 3. The van der Waals surface area contributed by atoms with E-state index in [1.807, 2.05) is 32.9 Å². The van der Waals surface area contributed by atoms with E-state index in [4.69, 9.17) is 9.15 Å². The van der Waals surface area contributed by atoms with Crippen molar-refractivity contribution in [3.05, 3.63) is 45.3 Å². The summed E-state index contributed by atoms with van der Waals surface area (Å²) in [7, 11) is 0. The van der Waals surface area contributed by atoms with E-state index in [1.54, 1.807) is 16.7 Å². The van der Waals surface area contributed by atoms with Gasteiger partial charge in [0.05, 0.1) is 4.87 Å². The van der Waals surface area contributed by atoms with Crippen molar-refractivity contribution >= 4 is 34.6 Å². The van der Waals surface area contributed by atoms with Gasteiger partial charge in [-0.2, -0.15) is 0 Å². The molecule has 2 atom stereocenters. The molecule has 2 fully saturated rings. The molecule has 0 N–H and O–H groups in total. The summed E-state index contributed by atoms with van der Waals surface area (Å²) < 4.78 is 10.9. The Morgan fingerprint density at radius 1 is 1.37 bits per heavy atom. The lowest BCUT2D eigenvalue weighted by Crippen LogP contribution is -2.46. The second-order valence-corrected chi connectivity index (χ2v) is 8.85. The van der Waals surface area contributed by atoms with Crippen LogP contribution in [0.5, 0.6) is 0 Å². The molecular weight excluding hydrogens is 366 g/mol. The van der Waals surface area contributed by atoms with E-state index in [1.165, 1.54) is 6.07 Å². The summed E-state index contributed by atoms with van der Waals surface area (Å²) in [5.41, 5.74) is 2.57. The monoisotopic (exact) mass is 387 g/mol. The summed E-state index contributed by atoms with van der Waals surface area (Å²) in [4.78, 5) is 38.2. The molecule has 2 aromatic rings. The Morgan fingerprint density at radius 2 is 2.15 bits per heavy atom. The van der Waals surface area contributed by atoms with Crippen LogP contribution in [0, 0.1) is 13.8 Å². The third kappa shape index (κ3) is 2.94. The van der Waals surface area contributed by atoms with Crippen molar-refractivity contribution in [1.29, 1.82) is 0 Å². The van der Waals surface area contributed by atoms with Crippen LogP contribution in [0.25, 0.3) is 11.0 Å². The van der Waals surface area contributed by atoms with Crippen molar-refractivity contribution in [3.8, 4) is 0 Å². The lowest BCUT2D eigenvalue weighted by molar-refractivity contribution is -0.154. The van der Waals surface area contributed by atoms with Crippen LogP contribution in [-0.2, 0) is 20.9 Å². The van der Waals surface area contributed by atoms with Crippen LogP contribution >= 0.6 is 11.8 Å². The van der Waals surface area contributed by atoms with Crippen LogP contribution in [0.2, 0.25) is 0 Å². The Labute approximate surface area is 160 Å². The predicted octanol–water partition coefficient (Wildman–Crippen LogP) is 2.91. The molecule has 3 heterocycles. The number of benzene rings is 1. The van der Waals surface area contributed by atoms with Crippen LogP contribution in [0.1, 0.15) is 36.5 Å². The van der Waals surface area contributed by atoms with Gasteiger partial charge in [0, 0.05) is 29.2 Å².